The van der Waals surface area contributed by atoms with Crippen molar-refractivity contribution in [1.29, 1.82) is 0 Å². The Kier molecular flexibility index (Phi) is 3.14. The number of fused-ring (bicyclic) bond motifs is 1. The molecule has 1 aliphatic heterocycles. The molecular weight excluding hydrogens is 189 g/mol. The summed E-state index contributed by atoms with van der Waals surface area (Å²) in [5, 5.41) is 0. The van der Waals surface area contributed by atoms with Crippen molar-refractivity contribution in [3.05, 3.63) is 41.4 Å². The molecule has 0 bridgehead atoms. The van der Waals surface area contributed by atoms with E-state index in [1.165, 1.54) is 31.7 Å². The molecule has 2 heteroatoms. The molecule has 3 rings (SSSR count). The Labute approximate surface area is 110 Å². The van der Waals surface area contributed by atoms with Gasteiger partial charge in [-0.1, -0.05) is 12.5 Å². The topological polar surface area (TPSA) is 3.24 Å². The van der Waals surface area contributed by atoms with Gasteiger partial charge in [-0.25, -0.2) is 0 Å². The van der Waals surface area contributed by atoms with Crippen LogP contribution in [0.5, 0.6) is 0 Å². The molecule has 0 atom stereocenters. The van der Waals surface area contributed by atoms with Crippen LogP contribution >= 0.6 is 0 Å². The molecule has 1 fully saturated rings. The molecule has 1 saturated carbocycles. The molecule has 0 aromatic rings. The molecular formula is C14H18LiN. The van der Waals surface area contributed by atoms with Crippen molar-refractivity contribution in [2.75, 3.05) is 13.6 Å². The smallest absolute Gasteiger partial charge is 0.297 e. The van der Waals surface area contributed by atoms with E-state index in [0.29, 0.717) is 5.54 Å². The first-order chi connectivity index (χ1) is 7.22. The van der Waals surface area contributed by atoms with Crippen LogP contribution in [0.2, 0.25) is 0 Å². The van der Waals surface area contributed by atoms with E-state index in [4.69, 9.17) is 0 Å². The first-order valence-electron chi connectivity index (χ1n) is 5.87. The SMILES string of the molecule is C[C-]1C=CC2=C(C=C1)C1(CC1)N(C)CC2.[Li+]. The summed E-state index contributed by atoms with van der Waals surface area (Å²) in [6.07, 6.45) is 13.1. The predicted molar refractivity (Wildman–Crippen MR) is 63.4 cm³/mol. The molecule has 0 radical (unpaired) electrons. The van der Waals surface area contributed by atoms with Crippen LogP contribution < -0.4 is 18.9 Å². The molecule has 0 aromatic heterocycles. The standard InChI is InChI=1S/C14H18N.Li/c1-11-3-5-12-7-10-15(2)14(8-9-14)13(12)6-4-11;/h3-6H,7-10H2,1-2H3;/q-1;+1. The van der Waals surface area contributed by atoms with E-state index in [1.807, 2.05) is 0 Å². The Morgan fingerprint density at radius 2 is 1.94 bits per heavy atom. The second kappa shape index (κ2) is 4.15. The summed E-state index contributed by atoms with van der Waals surface area (Å²) >= 11 is 0. The summed E-state index contributed by atoms with van der Waals surface area (Å²) in [5.41, 5.74) is 3.57. The molecule has 0 N–H and O–H groups in total. The average molecular weight is 207 g/mol. The summed E-state index contributed by atoms with van der Waals surface area (Å²) in [5.74, 6) is 1.36. The normalized spacial score (nSPS) is 26.5. The second-order valence-corrected chi connectivity index (χ2v) is 5.05. The largest absolute Gasteiger partial charge is 1.00 e. The van der Waals surface area contributed by atoms with Gasteiger partial charge in [-0.05, 0) is 26.3 Å². The van der Waals surface area contributed by atoms with Gasteiger partial charge in [-0.3, -0.25) is 4.90 Å². The third kappa shape index (κ3) is 1.72. The first kappa shape index (κ1) is 12.1. The van der Waals surface area contributed by atoms with Crippen molar-refractivity contribution < 1.29 is 18.9 Å². The Hall–Kier alpha value is -0.353. The van der Waals surface area contributed by atoms with Crippen molar-refractivity contribution >= 4 is 0 Å². The Bertz CT molecular complexity index is 374. The van der Waals surface area contributed by atoms with Gasteiger partial charge in [0.15, 0.2) is 0 Å². The van der Waals surface area contributed by atoms with Crippen molar-refractivity contribution in [3.8, 4) is 0 Å². The van der Waals surface area contributed by atoms with Crippen molar-refractivity contribution in [2.24, 2.45) is 0 Å². The number of allylic oxidation sites excluding steroid dienone is 3. The van der Waals surface area contributed by atoms with E-state index in [9.17, 15) is 0 Å². The molecule has 0 aromatic carbocycles. The van der Waals surface area contributed by atoms with Gasteiger partial charge in [0.2, 0.25) is 0 Å². The first-order valence-corrected chi connectivity index (χ1v) is 5.87. The monoisotopic (exact) mass is 207 g/mol. The van der Waals surface area contributed by atoms with Crippen LogP contribution in [0.1, 0.15) is 26.2 Å². The molecule has 16 heavy (non-hydrogen) atoms. The van der Waals surface area contributed by atoms with E-state index in [1.54, 1.807) is 11.1 Å². The van der Waals surface area contributed by atoms with Gasteiger partial charge < -0.3 is 0 Å². The maximum Gasteiger partial charge on any atom is 1.00 e. The molecule has 1 spiro atoms. The fourth-order valence-corrected chi connectivity index (χ4v) is 2.85. The molecule has 0 amide bonds. The minimum atomic E-state index is 0. The van der Waals surface area contributed by atoms with Crippen LogP contribution in [0.3, 0.4) is 0 Å². The van der Waals surface area contributed by atoms with E-state index in [-0.39, 0.29) is 18.9 Å². The molecule has 0 unspecified atom stereocenters. The van der Waals surface area contributed by atoms with Crippen LogP contribution in [-0.4, -0.2) is 24.0 Å². The third-order valence-corrected chi connectivity index (χ3v) is 4.08. The number of likely N-dealkylation sites (N-methyl/N-ethyl adjacent to an activating group) is 1. The van der Waals surface area contributed by atoms with Crippen molar-refractivity contribution in [1.82, 2.24) is 4.90 Å². The summed E-state index contributed by atoms with van der Waals surface area (Å²) in [6, 6.07) is 0. The van der Waals surface area contributed by atoms with Crippen LogP contribution in [-0.2, 0) is 0 Å². The number of rotatable bonds is 0. The summed E-state index contributed by atoms with van der Waals surface area (Å²) in [6.45, 7) is 3.39. The number of nitrogens with zero attached hydrogens (tertiary/aromatic N) is 1. The third-order valence-electron chi connectivity index (χ3n) is 4.08. The number of hydrogen-bond acceptors (Lipinski definition) is 1. The summed E-state index contributed by atoms with van der Waals surface area (Å²) in [4.78, 5) is 2.55. The second-order valence-electron chi connectivity index (χ2n) is 5.05. The molecule has 1 nitrogen and oxygen atoms in total. The Balaban J connectivity index is 0.000000963. The Morgan fingerprint density at radius 1 is 1.25 bits per heavy atom. The minimum Gasteiger partial charge on any atom is -0.297 e. The van der Waals surface area contributed by atoms with Gasteiger partial charge in [0.25, 0.3) is 0 Å². The van der Waals surface area contributed by atoms with Crippen molar-refractivity contribution in [3.63, 3.8) is 0 Å². The van der Waals surface area contributed by atoms with E-state index < -0.39 is 0 Å². The predicted octanol–water partition coefficient (Wildman–Crippen LogP) is -0.125. The van der Waals surface area contributed by atoms with Gasteiger partial charge >= 0.3 is 18.9 Å². The van der Waals surface area contributed by atoms with Crippen molar-refractivity contribution in [2.45, 2.75) is 31.7 Å². The van der Waals surface area contributed by atoms with E-state index in [2.05, 4.69) is 43.2 Å². The maximum absolute atomic E-state index is 2.55. The van der Waals surface area contributed by atoms with E-state index >= 15 is 0 Å². The molecule has 2 aliphatic carbocycles. The zero-order valence-corrected chi connectivity index (χ0v) is 10.6. The molecule has 0 saturated heterocycles. The average Bonchev–Trinajstić information content (AvgIpc) is 3.00. The van der Waals surface area contributed by atoms with Crippen LogP contribution in [0.15, 0.2) is 35.5 Å². The van der Waals surface area contributed by atoms with Crippen LogP contribution in [0, 0.1) is 5.92 Å². The summed E-state index contributed by atoms with van der Waals surface area (Å²) < 4.78 is 0. The maximum atomic E-state index is 2.55. The fourth-order valence-electron chi connectivity index (χ4n) is 2.85. The quantitative estimate of drug-likeness (QED) is 0.395. The van der Waals surface area contributed by atoms with Gasteiger partial charge in [0.1, 0.15) is 0 Å². The fraction of sp³-hybridized carbons (Fsp3) is 0.500. The van der Waals surface area contributed by atoms with Gasteiger partial charge in [-0.2, -0.15) is 30.2 Å². The molecule has 80 valence electrons. The van der Waals surface area contributed by atoms with Crippen LogP contribution in [0.25, 0.3) is 0 Å². The van der Waals surface area contributed by atoms with Crippen LogP contribution in [0.4, 0.5) is 0 Å². The summed E-state index contributed by atoms with van der Waals surface area (Å²) in [7, 11) is 2.27. The van der Waals surface area contributed by atoms with Gasteiger partial charge in [0.05, 0.1) is 0 Å². The Morgan fingerprint density at radius 3 is 2.62 bits per heavy atom. The van der Waals surface area contributed by atoms with Gasteiger partial charge in [0, 0.05) is 12.1 Å². The van der Waals surface area contributed by atoms with E-state index in [0.717, 1.165) is 0 Å². The molecule has 3 aliphatic rings. The van der Waals surface area contributed by atoms with Gasteiger partial charge in [-0.15, -0.1) is 5.57 Å². The number of hydrogen-bond donors (Lipinski definition) is 0. The zero-order valence-electron chi connectivity index (χ0n) is 10.6. The minimum absolute atomic E-state index is 0. The zero-order chi connectivity index (χ0) is 10.5. The molecule has 1 heterocycles.